The molecule has 4 N–H and O–H groups in total. The van der Waals surface area contributed by atoms with Crippen molar-refractivity contribution in [3.8, 4) is 5.75 Å². The van der Waals surface area contributed by atoms with Crippen LogP contribution >= 0.6 is 0 Å². The molecule has 0 bridgehead atoms. The Kier molecular flexibility index (Phi) is 5.52. The van der Waals surface area contributed by atoms with Crippen LogP contribution in [-0.2, 0) is 20.2 Å². The van der Waals surface area contributed by atoms with Gasteiger partial charge < -0.3 is 10.5 Å². The highest BCUT2D eigenvalue weighted by atomic mass is 32.2. The zero-order valence-corrected chi connectivity index (χ0v) is 17.4. The average molecular weight is 451 g/mol. The Labute approximate surface area is 172 Å². The molecule has 3 aromatic rings. The van der Waals surface area contributed by atoms with Gasteiger partial charge in [-0.3, -0.25) is 9.11 Å². The molecular formula is C18H17N3O7S2. The van der Waals surface area contributed by atoms with Crippen molar-refractivity contribution in [2.45, 2.75) is 16.7 Å². The molecule has 12 heteroatoms. The molecule has 0 spiro atoms. The van der Waals surface area contributed by atoms with E-state index in [0.717, 1.165) is 6.07 Å². The highest BCUT2D eigenvalue weighted by Gasteiger charge is 2.18. The first-order valence-corrected chi connectivity index (χ1v) is 11.2. The number of ether oxygens (including phenoxy) is 1. The van der Waals surface area contributed by atoms with Gasteiger partial charge in [0.25, 0.3) is 20.2 Å². The fourth-order valence-electron chi connectivity index (χ4n) is 2.86. The maximum Gasteiger partial charge on any atom is 0.294 e. The molecule has 0 fully saturated rings. The zero-order chi connectivity index (χ0) is 22.3. The number of nitrogens with zero attached hydrogens (tertiary/aromatic N) is 2. The van der Waals surface area contributed by atoms with Gasteiger partial charge in [0.05, 0.1) is 17.7 Å². The number of hydrogen-bond acceptors (Lipinski definition) is 8. The van der Waals surface area contributed by atoms with E-state index in [-0.39, 0.29) is 38.2 Å². The molecule has 0 aliphatic heterocycles. The van der Waals surface area contributed by atoms with E-state index in [1.807, 2.05) is 0 Å². The SMILES string of the molecule is COc1cc(S(=O)(=O)O)c(C)cc1N=Nc1c(N)ccc2cc(S(=O)(=O)O)ccc12. The van der Waals surface area contributed by atoms with Crippen molar-refractivity contribution >= 4 is 48.1 Å². The Morgan fingerprint density at radius 3 is 2.23 bits per heavy atom. The number of hydrogen-bond donors (Lipinski definition) is 3. The molecule has 0 radical (unpaired) electrons. The second kappa shape index (κ2) is 7.65. The molecule has 3 aromatic carbocycles. The van der Waals surface area contributed by atoms with Gasteiger partial charge >= 0.3 is 0 Å². The van der Waals surface area contributed by atoms with Crippen LogP contribution in [0.3, 0.4) is 0 Å². The quantitative estimate of drug-likeness (QED) is 0.300. The van der Waals surface area contributed by atoms with E-state index in [9.17, 15) is 25.9 Å². The molecule has 3 rings (SSSR count). The Hall–Kier alpha value is -3.06. The summed E-state index contributed by atoms with van der Waals surface area (Å²) >= 11 is 0. The van der Waals surface area contributed by atoms with E-state index in [0.29, 0.717) is 10.8 Å². The lowest BCUT2D eigenvalue weighted by Gasteiger charge is -2.09. The normalized spacial score (nSPS) is 12.5. The second-order valence-electron chi connectivity index (χ2n) is 6.33. The molecule has 10 nitrogen and oxygen atoms in total. The predicted octanol–water partition coefficient (Wildman–Crippen LogP) is 3.65. The van der Waals surface area contributed by atoms with Crippen molar-refractivity contribution in [3.05, 3.63) is 48.0 Å². The molecule has 0 saturated heterocycles. The minimum Gasteiger partial charge on any atom is -0.494 e. The summed E-state index contributed by atoms with van der Waals surface area (Å²) in [4.78, 5) is -0.596. The lowest BCUT2D eigenvalue weighted by Crippen LogP contribution is -2.01. The topological polar surface area (TPSA) is 169 Å². The number of azo groups is 1. The fraction of sp³-hybridized carbons (Fsp3) is 0.111. The minimum absolute atomic E-state index is 0.0597. The zero-order valence-electron chi connectivity index (χ0n) is 15.8. The molecule has 0 saturated carbocycles. The van der Waals surface area contributed by atoms with E-state index >= 15 is 0 Å². The number of benzene rings is 3. The van der Waals surface area contributed by atoms with Crippen LogP contribution in [0.4, 0.5) is 17.1 Å². The summed E-state index contributed by atoms with van der Waals surface area (Å²) in [6, 6.07) is 9.51. The standard InChI is InChI=1S/C18H17N3O7S2/c1-10-7-15(16(28-2)9-17(10)30(25,26)27)20-21-18-13-5-4-12(29(22,23)24)8-11(13)3-6-14(18)19/h3-9H,19H2,1-2H3,(H,22,23,24)(H,25,26,27). The molecule has 30 heavy (non-hydrogen) atoms. The number of anilines is 1. The van der Waals surface area contributed by atoms with Crippen molar-refractivity contribution in [1.29, 1.82) is 0 Å². The van der Waals surface area contributed by atoms with Crippen LogP contribution in [0.15, 0.2) is 62.5 Å². The largest absolute Gasteiger partial charge is 0.494 e. The van der Waals surface area contributed by atoms with Gasteiger partial charge in [0.15, 0.2) is 0 Å². The summed E-state index contributed by atoms with van der Waals surface area (Å²) in [5.41, 5.74) is 6.92. The second-order valence-corrected chi connectivity index (χ2v) is 9.14. The van der Waals surface area contributed by atoms with Gasteiger partial charge in [-0.2, -0.15) is 16.8 Å². The molecule has 0 heterocycles. The first kappa shape index (κ1) is 21.6. The van der Waals surface area contributed by atoms with Gasteiger partial charge in [0, 0.05) is 11.5 Å². The monoisotopic (exact) mass is 451 g/mol. The summed E-state index contributed by atoms with van der Waals surface area (Å²) in [5.74, 6) is 0.0597. The van der Waals surface area contributed by atoms with Crippen molar-refractivity contribution in [2.24, 2.45) is 10.2 Å². The molecule has 0 unspecified atom stereocenters. The van der Waals surface area contributed by atoms with E-state index in [1.165, 1.54) is 44.4 Å². The Bertz CT molecular complexity index is 1400. The Morgan fingerprint density at radius 1 is 0.933 bits per heavy atom. The summed E-state index contributed by atoms with van der Waals surface area (Å²) in [6.07, 6.45) is 0. The van der Waals surface area contributed by atoms with Gasteiger partial charge in [0.1, 0.15) is 22.0 Å². The number of nitrogen functional groups attached to an aromatic ring is 1. The average Bonchev–Trinajstić information content (AvgIpc) is 2.65. The van der Waals surface area contributed by atoms with Crippen molar-refractivity contribution in [3.63, 3.8) is 0 Å². The van der Waals surface area contributed by atoms with Gasteiger partial charge in [-0.25, -0.2) is 0 Å². The van der Waals surface area contributed by atoms with E-state index in [4.69, 9.17) is 10.5 Å². The number of aryl methyl sites for hydroxylation is 1. The number of rotatable bonds is 5. The van der Waals surface area contributed by atoms with Gasteiger partial charge in [-0.15, -0.1) is 10.2 Å². The van der Waals surface area contributed by atoms with Crippen molar-refractivity contribution in [1.82, 2.24) is 0 Å². The summed E-state index contributed by atoms with van der Waals surface area (Å²) in [6.45, 7) is 1.48. The van der Waals surface area contributed by atoms with Gasteiger partial charge in [-0.1, -0.05) is 12.1 Å². The van der Waals surface area contributed by atoms with E-state index in [1.54, 1.807) is 6.07 Å². The van der Waals surface area contributed by atoms with Crippen LogP contribution in [0.5, 0.6) is 5.75 Å². The molecule has 0 amide bonds. The molecule has 0 aliphatic rings. The molecule has 0 aromatic heterocycles. The van der Waals surface area contributed by atoms with E-state index < -0.39 is 20.2 Å². The highest BCUT2D eigenvalue weighted by molar-refractivity contribution is 7.86. The fourth-order valence-corrected chi connectivity index (χ4v) is 4.10. The minimum atomic E-state index is -4.44. The first-order chi connectivity index (χ1) is 13.9. The lowest BCUT2D eigenvalue weighted by molar-refractivity contribution is 0.413. The number of nitrogens with two attached hydrogens (primary N) is 1. The first-order valence-electron chi connectivity index (χ1n) is 8.29. The lowest BCUT2D eigenvalue weighted by atomic mass is 10.1. The summed E-state index contributed by atoms with van der Waals surface area (Å²) in [7, 11) is -7.51. The van der Waals surface area contributed by atoms with Crippen molar-refractivity contribution in [2.75, 3.05) is 12.8 Å². The summed E-state index contributed by atoms with van der Waals surface area (Å²) in [5, 5.41) is 9.16. The molecular weight excluding hydrogens is 434 g/mol. The van der Waals surface area contributed by atoms with Crippen LogP contribution in [0.25, 0.3) is 10.8 Å². The predicted molar refractivity (Wildman–Crippen MR) is 110 cm³/mol. The van der Waals surface area contributed by atoms with E-state index in [2.05, 4.69) is 10.2 Å². The van der Waals surface area contributed by atoms with Gasteiger partial charge in [0.2, 0.25) is 0 Å². The Balaban J connectivity index is 2.14. The van der Waals surface area contributed by atoms with Gasteiger partial charge in [-0.05, 0) is 42.1 Å². The van der Waals surface area contributed by atoms with Crippen LogP contribution in [0.1, 0.15) is 5.56 Å². The van der Waals surface area contributed by atoms with Crippen LogP contribution in [0.2, 0.25) is 0 Å². The summed E-state index contributed by atoms with van der Waals surface area (Å²) < 4.78 is 69.3. The van der Waals surface area contributed by atoms with Crippen LogP contribution < -0.4 is 10.5 Å². The molecule has 0 aliphatic carbocycles. The van der Waals surface area contributed by atoms with Crippen LogP contribution in [-0.4, -0.2) is 33.1 Å². The Morgan fingerprint density at radius 2 is 1.63 bits per heavy atom. The number of methoxy groups -OCH3 is 1. The van der Waals surface area contributed by atoms with Crippen LogP contribution in [0, 0.1) is 6.92 Å². The van der Waals surface area contributed by atoms with Crippen molar-refractivity contribution < 1.29 is 30.7 Å². The highest BCUT2D eigenvalue weighted by Crippen LogP contribution is 2.37. The third-order valence-electron chi connectivity index (χ3n) is 4.30. The number of fused-ring (bicyclic) bond motifs is 1. The third-order valence-corrected chi connectivity index (χ3v) is 6.15. The molecule has 158 valence electrons. The maximum atomic E-state index is 11.5. The maximum absolute atomic E-state index is 11.5. The molecule has 0 atom stereocenters. The smallest absolute Gasteiger partial charge is 0.294 e. The third kappa shape index (κ3) is 4.26.